The number of nitrogen functional groups attached to an aromatic ring is 1. The fraction of sp³-hybridized carbons (Fsp3) is 0.538. The van der Waals surface area contributed by atoms with Crippen LogP contribution in [0.1, 0.15) is 31.7 Å². The lowest BCUT2D eigenvalue weighted by atomic mass is 10.0. The van der Waals surface area contributed by atoms with Crippen LogP contribution in [0, 0.1) is 5.41 Å². The molecule has 16 heavy (non-hydrogen) atoms. The number of hydrogen-bond acceptors (Lipinski definition) is 2. The zero-order valence-electron chi connectivity index (χ0n) is 9.72. The average Bonchev–Trinajstić information content (AvgIpc) is 2.97. The molecule has 1 fully saturated rings. The number of anilines is 1. The number of hydrogen-bond donors (Lipinski definition) is 2. The van der Waals surface area contributed by atoms with Gasteiger partial charge >= 0.3 is 0 Å². The summed E-state index contributed by atoms with van der Waals surface area (Å²) in [5, 5.41) is 3.53. The molecule has 0 aromatic heterocycles. The van der Waals surface area contributed by atoms with E-state index in [4.69, 9.17) is 5.73 Å². The molecule has 0 amide bonds. The van der Waals surface area contributed by atoms with Gasteiger partial charge in [-0.2, -0.15) is 0 Å². The Morgan fingerprint density at radius 1 is 1.38 bits per heavy atom. The molecule has 1 saturated carbocycles. The molecule has 0 spiro atoms. The number of halogens is 1. The van der Waals surface area contributed by atoms with Gasteiger partial charge in [-0.25, -0.2) is 0 Å². The van der Waals surface area contributed by atoms with Crippen LogP contribution in [0.15, 0.2) is 22.7 Å². The van der Waals surface area contributed by atoms with Crippen molar-refractivity contribution in [2.45, 2.75) is 32.7 Å². The van der Waals surface area contributed by atoms with Crippen LogP contribution < -0.4 is 11.1 Å². The standard InChI is InChI=1S/C13H19BrN2/c1-2-13(3-4-13)9-16-8-10-5-11(14)7-12(15)6-10/h5-7,16H,2-4,8-9,15H2,1H3. The maximum Gasteiger partial charge on any atom is 0.0328 e. The van der Waals surface area contributed by atoms with Crippen LogP contribution in [0.25, 0.3) is 0 Å². The highest BCUT2D eigenvalue weighted by molar-refractivity contribution is 9.10. The Morgan fingerprint density at radius 2 is 2.12 bits per heavy atom. The van der Waals surface area contributed by atoms with Gasteiger partial charge in [0.2, 0.25) is 0 Å². The van der Waals surface area contributed by atoms with Gasteiger partial charge in [0.1, 0.15) is 0 Å². The largest absolute Gasteiger partial charge is 0.399 e. The summed E-state index contributed by atoms with van der Waals surface area (Å²) in [6.45, 7) is 4.33. The van der Waals surface area contributed by atoms with Crippen molar-refractivity contribution in [3.8, 4) is 0 Å². The van der Waals surface area contributed by atoms with Crippen molar-refractivity contribution in [2.24, 2.45) is 5.41 Å². The summed E-state index contributed by atoms with van der Waals surface area (Å²) in [6.07, 6.45) is 4.06. The lowest BCUT2D eigenvalue weighted by Gasteiger charge is -2.13. The van der Waals surface area contributed by atoms with Gasteiger partial charge in [0, 0.05) is 23.2 Å². The molecular weight excluding hydrogens is 264 g/mol. The summed E-state index contributed by atoms with van der Waals surface area (Å²) >= 11 is 3.46. The Hall–Kier alpha value is -0.540. The van der Waals surface area contributed by atoms with Crippen LogP contribution in [-0.4, -0.2) is 6.54 Å². The lowest BCUT2D eigenvalue weighted by Crippen LogP contribution is -2.23. The van der Waals surface area contributed by atoms with Crippen molar-refractivity contribution in [1.82, 2.24) is 5.32 Å². The topological polar surface area (TPSA) is 38.0 Å². The molecule has 2 rings (SSSR count). The first kappa shape index (κ1) is 11.9. The summed E-state index contributed by atoms with van der Waals surface area (Å²) in [5.74, 6) is 0. The lowest BCUT2D eigenvalue weighted by molar-refractivity contribution is 0.443. The summed E-state index contributed by atoms with van der Waals surface area (Å²) in [5.41, 5.74) is 8.48. The van der Waals surface area contributed by atoms with Gasteiger partial charge < -0.3 is 11.1 Å². The van der Waals surface area contributed by atoms with Crippen molar-refractivity contribution in [3.05, 3.63) is 28.2 Å². The van der Waals surface area contributed by atoms with Crippen LogP contribution in [0.5, 0.6) is 0 Å². The van der Waals surface area contributed by atoms with E-state index < -0.39 is 0 Å². The van der Waals surface area contributed by atoms with Crippen LogP contribution >= 0.6 is 15.9 Å². The summed E-state index contributed by atoms with van der Waals surface area (Å²) in [6, 6.07) is 6.08. The molecule has 2 nitrogen and oxygen atoms in total. The Kier molecular flexibility index (Phi) is 3.55. The molecule has 1 aliphatic carbocycles. The molecule has 1 aliphatic rings. The van der Waals surface area contributed by atoms with E-state index in [2.05, 4.69) is 34.2 Å². The summed E-state index contributed by atoms with van der Waals surface area (Å²) in [4.78, 5) is 0. The Labute approximate surface area is 106 Å². The first-order chi connectivity index (χ1) is 7.63. The monoisotopic (exact) mass is 282 g/mol. The SMILES string of the molecule is CCC1(CNCc2cc(N)cc(Br)c2)CC1. The molecule has 0 aliphatic heterocycles. The Morgan fingerprint density at radius 3 is 2.69 bits per heavy atom. The molecule has 0 saturated heterocycles. The van der Waals surface area contributed by atoms with Crippen molar-refractivity contribution >= 4 is 21.6 Å². The third kappa shape index (κ3) is 2.98. The molecule has 1 aromatic rings. The van der Waals surface area contributed by atoms with Crippen molar-refractivity contribution in [3.63, 3.8) is 0 Å². The van der Waals surface area contributed by atoms with Crippen molar-refractivity contribution in [1.29, 1.82) is 0 Å². The predicted octanol–water partition coefficient (Wildman–Crippen LogP) is 3.31. The van der Waals surface area contributed by atoms with Gasteiger partial charge in [0.25, 0.3) is 0 Å². The fourth-order valence-electron chi connectivity index (χ4n) is 2.08. The Bertz CT molecular complexity index is 352. The predicted molar refractivity (Wildman–Crippen MR) is 72.2 cm³/mol. The van der Waals surface area contributed by atoms with E-state index in [1.54, 1.807) is 0 Å². The third-order valence-corrected chi connectivity index (χ3v) is 3.97. The number of rotatable bonds is 5. The van der Waals surface area contributed by atoms with E-state index in [0.717, 1.165) is 23.2 Å². The first-order valence-electron chi connectivity index (χ1n) is 5.89. The van der Waals surface area contributed by atoms with E-state index in [-0.39, 0.29) is 0 Å². The maximum absolute atomic E-state index is 5.80. The van der Waals surface area contributed by atoms with Crippen molar-refractivity contribution in [2.75, 3.05) is 12.3 Å². The zero-order valence-corrected chi connectivity index (χ0v) is 11.3. The Balaban J connectivity index is 1.85. The van der Waals surface area contributed by atoms with Gasteiger partial charge in [-0.3, -0.25) is 0 Å². The second kappa shape index (κ2) is 4.76. The number of benzene rings is 1. The molecule has 88 valence electrons. The number of nitrogens with two attached hydrogens (primary N) is 1. The molecule has 3 N–H and O–H groups in total. The molecule has 0 radical (unpaired) electrons. The molecule has 0 heterocycles. The van der Waals surface area contributed by atoms with Crippen molar-refractivity contribution < 1.29 is 0 Å². The quantitative estimate of drug-likeness (QED) is 0.814. The highest BCUT2D eigenvalue weighted by Gasteiger charge is 2.39. The van der Waals surface area contributed by atoms with Gasteiger partial charge in [0.05, 0.1) is 0 Å². The van der Waals surface area contributed by atoms with E-state index in [1.165, 1.54) is 24.8 Å². The van der Waals surface area contributed by atoms with Crippen LogP contribution in [-0.2, 0) is 6.54 Å². The molecular formula is C13H19BrN2. The second-order valence-corrected chi connectivity index (χ2v) is 5.77. The zero-order chi connectivity index (χ0) is 11.6. The first-order valence-corrected chi connectivity index (χ1v) is 6.68. The minimum Gasteiger partial charge on any atom is -0.399 e. The van der Waals surface area contributed by atoms with E-state index >= 15 is 0 Å². The minimum atomic E-state index is 0.609. The van der Waals surface area contributed by atoms with Gasteiger partial charge in [-0.1, -0.05) is 22.9 Å². The highest BCUT2D eigenvalue weighted by atomic mass is 79.9. The van der Waals surface area contributed by atoms with E-state index in [1.807, 2.05) is 12.1 Å². The fourth-order valence-corrected chi connectivity index (χ4v) is 2.64. The maximum atomic E-state index is 5.80. The van der Waals surface area contributed by atoms with E-state index in [0.29, 0.717) is 5.41 Å². The molecule has 0 atom stereocenters. The molecule has 0 bridgehead atoms. The highest BCUT2D eigenvalue weighted by Crippen LogP contribution is 2.47. The minimum absolute atomic E-state index is 0.609. The smallest absolute Gasteiger partial charge is 0.0328 e. The number of nitrogens with one attached hydrogen (secondary N) is 1. The van der Waals surface area contributed by atoms with Gasteiger partial charge in [-0.15, -0.1) is 0 Å². The van der Waals surface area contributed by atoms with Gasteiger partial charge in [-0.05, 0) is 48.4 Å². The second-order valence-electron chi connectivity index (χ2n) is 4.85. The normalized spacial score (nSPS) is 17.4. The molecule has 3 heteroatoms. The summed E-state index contributed by atoms with van der Waals surface area (Å²) in [7, 11) is 0. The van der Waals surface area contributed by atoms with Crippen LogP contribution in [0.4, 0.5) is 5.69 Å². The molecule has 0 unspecified atom stereocenters. The summed E-state index contributed by atoms with van der Waals surface area (Å²) < 4.78 is 1.06. The third-order valence-electron chi connectivity index (χ3n) is 3.52. The van der Waals surface area contributed by atoms with Crippen LogP contribution in [0.2, 0.25) is 0 Å². The molecule has 1 aromatic carbocycles. The van der Waals surface area contributed by atoms with Gasteiger partial charge in [0.15, 0.2) is 0 Å². The van der Waals surface area contributed by atoms with Crippen LogP contribution in [0.3, 0.4) is 0 Å². The average molecular weight is 283 g/mol. The van der Waals surface area contributed by atoms with E-state index in [9.17, 15) is 0 Å².